The summed E-state index contributed by atoms with van der Waals surface area (Å²) < 4.78 is 19.2. The first-order chi connectivity index (χ1) is 8.31. The van der Waals surface area contributed by atoms with E-state index in [1.807, 2.05) is 24.1 Å². The zero-order valence-corrected chi connectivity index (χ0v) is 10.2. The van der Waals surface area contributed by atoms with Gasteiger partial charge in [0.1, 0.15) is 5.82 Å². The van der Waals surface area contributed by atoms with Gasteiger partial charge in [-0.3, -0.25) is 0 Å². The molecule has 3 nitrogen and oxygen atoms in total. The van der Waals surface area contributed by atoms with Crippen LogP contribution in [0, 0.1) is 5.82 Å². The average molecular weight is 238 g/mol. The van der Waals surface area contributed by atoms with Crippen molar-refractivity contribution in [2.24, 2.45) is 0 Å². The summed E-state index contributed by atoms with van der Waals surface area (Å²) in [5.74, 6) is -0.125. The quantitative estimate of drug-likeness (QED) is 0.858. The van der Waals surface area contributed by atoms with E-state index in [2.05, 4.69) is 5.32 Å². The van der Waals surface area contributed by atoms with E-state index in [0.29, 0.717) is 18.9 Å². The summed E-state index contributed by atoms with van der Waals surface area (Å²) in [6, 6.07) is 5.53. The number of nitrogens with zero attached hydrogens (tertiary/aromatic N) is 1. The fraction of sp³-hybridized carbons (Fsp3) is 0.538. The lowest BCUT2D eigenvalue weighted by Crippen LogP contribution is -2.36. The second-order valence-electron chi connectivity index (χ2n) is 4.24. The number of anilines is 1. The van der Waals surface area contributed by atoms with E-state index in [1.54, 1.807) is 6.07 Å². The number of ether oxygens (including phenoxy) is 1. The summed E-state index contributed by atoms with van der Waals surface area (Å²) in [7, 11) is 1.90. The molecule has 0 radical (unpaired) electrons. The molecule has 1 aromatic carbocycles. The van der Waals surface area contributed by atoms with Crippen molar-refractivity contribution < 1.29 is 9.13 Å². The highest BCUT2D eigenvalue weighted by molar-refractivity contribution is 5.49. The molecule has 94 valence electrons. The molecule has 0 aromatic heterocycles. The van der Waals surface area contributed by atoms with Crippen molar-refractivity contribution >= 4 is 5.69 Å². The van der Waals surface area contributed by atoms with Crippen LogP contribution in [0.1, 0.15) is 5.56 Å². The standard InChI is InChI=1S/C13H19FN2O/c1-15-5-4-11-2-3-13(12(14)10-11)16-6-8-17-9-7-16/h2-3,10,15H,4-9H2,1H3. The van der Waals surface area contributed by atoms with Gasteiger partial charge in [-0.05, 0) is 37.7 Å². The van der Waals surface area contributed by atoms with Gasteiger partial charge in [0.2, 0.25) is 0 Å². The van der Waals surface area contributed by atoms with E-state index >= 15 is 0 Å². The van der Waals surface area contributed by atoms with E-state index in [0.717, 1.165) is 31.6 Å². The van der Waals surface area contributed by atoms with Crippen LogP contribution in [0.3, 0.4) is 0 Å². The van der Waals surface area contributed by atoms with Crippen molar-refractivity contribution in [3.8, 4) is 0 Å². The molecule has 1 aliphatic heterocycles. The largest absolute Gasteiger partial charge is 0.378 e. The van der Waals surface area contributed by atoms with Gasteiger partial charge in [0.15, 0.2) is 0 Å². The molecule has 1 N–H and O–H groups in total. The van der Waals surface area contributed by atoms with E-state index in [1.165, 1.54) is 0 Å². The summed E-state index contributed by atoms with van der Waals surface area (Å²) in [5.41, 5.74) is 1.73. The molecule has 0 aliphatic carbocycles. The van der Waals surface area contributed by atoms with Crippen molar-refractivity contribution in [3.63, 3.8) is 0 Å². The minimum atomic E-state index is -0.125. The number of morpholine rings is 1. The SMILES string of the molecule is CNCCc1ccc(N2CCOCC2)c(F)c1. The van der Waals surface area contributed by atoms with Gasteiger partial charge < -0.3 is 15.0 Å². The van der Waals surface area contributed by atoms with Crippen molar-refractivity contribution in [3.05, 3.63) is 29.6 Å². The van der Waals surface area contributed by atoms with Gasteiger partial charge in [-0.1, -0.05) is 6.07 Å². The smallest absolute Gasteiger partial charge is 0.146 e. The molecule has 1 saturated heterocycles. The summed E-state index contributed by atoms with van der Waals surface area (Å²) >= 11 is 0. The van der Waals surface area contributed by atoms with Crippen LogP contribution in [-0.2, 0) is 11.2 Å². The molecular weight excluding hydrogens is 219 g/mol. The van der Waals surface area contributed by atoms with Crippen molar-refractivity contribution in [2.45, 2.75) is 6.42 Å². The Balaban J connectivity index is 2.07. The molecule has 1 aromatic rings. The number of rotatable bonds is 4. The van der Waals surface area contributed by atoms with Crippen molar-refractivity contribution in [2.75, 3.05) is 44.8 Å². The van der Waals surface area contributed by atoms with Gasteiger partial charge >= 0.3 is 0 Å². The molecule has 0 bridgehead atoms. The lowest BCUT2D eigenvalue weighted by Gasteiger charge is -2.29. The second-order valence-corrected chi connectivity index (χ2v) is 4.24. The first kappa shape index (κ1) is 12.3. The summed E-state index contributed by atoms with van der Waals surface area (Å²) in [5, 5.41) is 3.06. The Morgan fingerprint density at radius 3 is 2.76 bits per heavy atom. The average Bonchev–Trinajstić information content (AvgIpc) is 2.37. The molecular formula is C13H19FN2O. The van der Waals surface area contributed by atoms with Crippen LogP contribution < -0.4 is 10.2 Å². The van der Waals surface area contributed by atoms with Gasteiger partial charge in [0, 0.05) is 13.1 Å². The molecule has 0 atom stereocenters. The summed E-state index contributed by atoms with van der Waals surface area (Å²) in [6.07, 6.45) is 0.858. The third-order valence-corrected chi connectivity index (χ3v) is 3.03. The van der Waals surface area contributed by atoms with Crippen molar-refractivity contribution in [1.82, 2.24) is 5.32 Å². The third-order valence-electron chi connectivity index (χ3n) is 3.03. The number of benzene rings is 1. The third kappa shape index (κ3) is 3.17. The number of likely N-dealkylation sites (N-methyl/N-ethyl adjacent to an activating group) is 1. The van der Waals surface area contributed by atoms with E-state index in [9.17, 15) is 4.39 Å². The van der Waals surface area contributed by atoms with Crippen LogP contribution in [0.4, 0.5) is 10.1 Å². The van der Waals surface area contributed by atoms with Crippen LogP contribution in [0.2, 0.25) is 0 Å². The lowest BCUT2D eigenvalue weighted by molar-refractivity contribution is 0.122. The predicted octanol–water partition coefficient (Wildman–Crippen LogP) is 1.42. The van der Waals surface area contributed by atoms with Crippen molar-refractivity contribution in [1.29, 1.82) is 0 Å². The maximum Gasteiger partial charge on any atom is 0.146 e. The minimum Gasteiger partial charge on any atom is -0.378 e. The highest BCUT2D eigenvalue weighted by Crippen LogP contribution is 2.21. The van der Waals surface area contributed by atoms with Crippen LogP contribution in [0.15, 0.2) is 18.2 Å². The van der Waals surface area contributed by atoms with E-state index in [-0.39, 0.29) is 5.82 Å². The zero-order valence-electron chi connectivity index (χ0n) is 10.2. The molecule has 0 spiro atoms. The molecule has 0 saturated carbocycles. The Morgan fingerprint density at radius 1 is 1.35 bits per heavy atom. The number of hydrogen-bond donors (Lipinski definition) is 1. The highest BCUT2D eigenvalue weighted by atomic mass is 19.1. The van der Waals surface area contributed by atoms with Crippen LogP contribution >= 0.6 is 0 Å². The van der Waals surface area contributed by atoms with Crippen LogP contribution in [0.5, 0.6) is 0 Å². The topological polar surface area (TPSA) is 24.5 Å². The van der Waals surface area contributed by atoms with Gasteiger partial charge in [-0.2, -0.15) is 0 Å². The molecule has 0 amide bonds. The van der Waals surface area contributed by atoms with Crippen LogP contribution in [0.25, 0.3) is 0 Å². The highest BCUT2D eigenvalue weighted by Gasteiger charge is 2.14. The molecule has 4 heteroatoms. The summed E-state index contributed by atoms with van der Waals surface area (Å²) in [6.45, 7) is 3.78. The number of nitrogens with one attached hydrogen (secondary N) is 1. The molecule has 0 unspecified atom stereocenters. The predicted molar refractivity (Wildman–Crippen MR) is 67.1 cm³/mol. The fourth-order valence-electron chi connectivity index (χ4n) is 2.04. The fourth-order valence-corrected chi connectivity index (χ4v) is 2.04. The van der Waals surface area contributed by atoms with Gasteiger partial charge in [0.25, 0.3) is 0 Å². The Hall–Kier alpha value is -1.13. The number of hydrogen-bond acceptors (Lipinski definition) is 3. The Labute approximate surface area is 102 Å². The lowest BCUT2D eigenvalue weighted by atomic mass is 10.1. The Kier molecular flexibility index (Phi) is 4.34. The minimum absolute atomic E-state index is 0.125. The number of halogens is 1. The first-order valence-electron chi connectivity index (χ1n) is 6.07. The monoisotopic (exact) mass is 238 g/mol. The molecule has 1 aliphatic rings. The molecule has 1 heterocycles. The van der Waals surface area contributed by atoms with Gasteiger partial charge in [-0.25, -0.2) is 4.39 Å². The van der Waals surface area contributed by atoms with E-state index in [4.69, 9.17) is 4.74 Å². The Morgan fingerprint density at radius 2 is 2.12 bits per heavy atom. The Bertz CT molecular complexity index is 364. The summed E-state index contributed by atoms with van der Waals surface area (Å²) in [4.78, 5) is 2.04. The first-order valence-corrected chi connectivity index (χ1v) is 6.07. The maximum atomic E-state index is 14.0. The van der Waals surface area contributed by atoms with Crippen LogP contribution in [-0.4, -0.2) is 39.9 Å². The molecule has 1 fully saturated rings. The molecule has 17 heavy (non-hydrogen) atoms. The second kappa shape index (κ2) is 5.98. The molecule has 2 rings (SSSR count). The van der Waals surface area contributed by atoms with E-state index < -0.39 is 0 Å². The van der Waals surface area contributed by atoms with Gasteiger partial charge in [-0.15, -0.1) is 0 Å². The van der Waals surface area contributed by atoms with Gasteiger partial charge in [0.05, 0.1) is 18.9 Å². The normalized spacial score (nSPS) is 16.2. The maximum absolute atomic E-state index is 14.0. The zero-order chi connectivity index (χ0) is 12.1.